The van der Waals surface area contributed by atoms with Crippen LogP contribution in [0.3, 0.4) is 0 Å². The van der Waals surface area contributed by atoms with Crippen LogP contribution in [0.1, 0.15) is 33.6 Å². The largest absolute Gasteiger partial charge is 0.446 e. The Morgan fingerprint density at radius 1 is 1.38 bits per heavy atom. The second-order valence-electron chi connectivity index (χ2n) is 4.35. The minimum atomic E-state index is -0.318. The van der Waals surface area contributed by atoms with Gasteiger partial charge in [-0.3, -0.25) is 0 Å². The molecule has 0 aromatic rings. The Morgan fingerprint density at radius 2 is 1.92 bits per heavy atom. The first-order valence-corrected chi connectivity index (χ1v) is 4.61. The summed E-state index contributed by atoms with van der Waals surface area (Å²) in [5.41, 5.74) is -0.219. The first-order chi connectivity index (χ1) is 5.97. The van der Waals surface area contributed by atoms with E-state index in [4.69, 9.17) is 4.74 Å². The van der Waals surface area contributed by atoms with Crippen molar-refractivity contribution in [1.29, 1.82) is 0 Å². The SMILES string of the molecule is CC(C)(C)NC(=O)OC1CC=CC1. The molecule has 1 rings (SSSR count). The predicted molar refractivity (Wildman–Crippen MR) is 51.5 cm³/mol. The van der Waals surface area contributed by atoms with Gasteiger partial charge >= 0.3 is 6.09 Å². The maximum atomic E-state index is 11.3. The highest BCUT2D eigenvalue weighted by Crippen LogP contribution is 2.13. The Kier molecular flexibility index (Phi) is 2.96. The summed E-state index contributed by atoms with van der Waals surface area (Å²) < 4.78 is 5.17. The summed E-state index contributed by atoms with van der Waals surface area (Å²) in [7, 11) is 0. The summed E-state index contributed by atoms with van der Waals surface area (Å²) in [4.78, 5) is 11.3. The van der Waals surface area contributed by atoms with Crippen molar-refractivity contribution in [3.05, 3.63) is 12.2 Å². The standard InChI is InChI=1S/C10H17NO2/c1-10(2,3)11-9(12)13-8-6-4-5-7-8/h4-5,8H,6-7H2,1-3H3,(H,11,12). The van der Waals surface area contributed by atoms with Crippen molar-refractivity contribution in [2.24, 2.45) is 0 Å². The average Bonchev–Trinajstić information content (AvgIpc) is 2.34. The van der Waals surface area contributed by atoms with Gasteiger partial charge in [0, 0.05) is 18.4 Å². The minimum Gasteiger partial charge on any atom is -0.446 e. The number of ether oxygens (including phenoxy) is 1. The van der Waals surface area contributed by atoms with Gasteiger partial charge in [0.1, 0.15) is 6.10 Å². The Bertz CT molecular complexity index is 207. The first-order valence-electron chi connectivity index (χ1n) is 4.61. The third-order valence-electron chi connectivity index (χ3n) is 1.72. The monoisotopic (exact) mass is 183 g/mol. The molecule has 0 aromatic carbocycles. The summed E-state index contributed by atoms with van der Waals surface area (Å²) in [6, 6.07) is 0. The molecule has 1 amide bonds. The summed E-state index contributed by atoms with van der Waals surface area (Å²) in [6.07, 6.45) is 5.49. The number of amides is 1. The van der Waals surface area contributed by atoms with E-state index < -0.39 is 0 Å². The molecule has 0 aromatic heterocycles. The molecule has 0 aliphatic heterocycles. The van der Waals surface area contributed by atoms with E-state index in [1.165, 1.54) is 0 Å². The molecular weight excluding hydrogens is 166 g/mol. The van der Waals surface area contributed by atoms with E-state index in [1.54, 1.807) is 0 Å². The zero-order valence-electron chi connectivity index (χ0n) is 8.46. The first kappa shape index (κ1) is 10.1. The molecule has 0 heterocycles. The lowest BCUT2D eigenvalue weighted by Gasteiger charge is -2.21. The molecule has 0 atom stereocenters. The van der Waals surface area contributed by atoms with Crippen molar-refractivity contribution in [2.75, 3.05) is 0 Å². The van der Waals surface area contributed by atoms with Gasteiger partial charge in [-0.05, 0) is 20.8 Å². The van der Waals surface area contributed by atoms with Crippen molar-refractivity contribution in [3.8, 4) is 0 Å². The highest BCUT2D eigenvalue weighted by Gasteiger charge is 2.19. The molecule has 0 saturated carbocycles. The normalized spacial score (nSPS) is 17.5. The van der Waals surface area contributed by atoms with Crippen LogP contribution in [-0.2, 0) is 4.74 Å². The smallest absolute Gasteiger partial charge is 0.407 e. The second-order valence-corrected chi connectivity index (χ2v) is 4.35. The molecule has 0 spiro atoms. The number of alkyl carbamates (subject to hydrolysis) is 1. The van der Waals surface area contributed by atoms with Gasteiger partial charge < -0.3 is 10.1 Å². The zero-order chi connectivity index (χ0) is 9.90. The lowest BCUT2D eigenvalue weighted by molar-refractivity contribution is 0.0973. The van der Waals surface area contributed by atoms with Crippen LogP contribution in [0, 0.1) is 0 Å². The molecule has 1 aliphatic carbocycles. The highest BCUT2D eigenvalue weighted by atomic mass is 16.6. The van der Waals surface area contributed by atoms with Gasteiger partial charge in [0.15, 0.2) is 0 Å². The number of nitrogens with one attached hydrogen (secondary N) is 1. The molecule has 0 radical (unpaired) electrons. The van der Waals surface area contributed by atoms with Crippen LogP contribution in [0.15, 0.2) is 12.2 Å². The number of hydrogen-bond acceptors (Lipinski definition) is 2. The zero-order valence-corrected chi connectivity index (χ0v) is 8.46. The van der Waals surface area contributed by atoms with Gasteiger partial charge in [-0.2, -0.15) is 0 Å². The second kappa shape index (κ2) is 3.81. The van der Waals surface area contributed by atoms with Gasteiger partial charge in [0.25, 0.3) is 0 Å². The number of rotatable bonds is 1. The Hall–Kier alpha value is -0.990. The maximum absolute atomic E-state index is 11.3. The molecule has 0 fully saturated rings. The topological polar surface area (TPSA) is 38.3 Å². The molecule has 1 N–H and O–H groups in total. The fourth-order valence-corrected chi connectivity index (χ4v) is 1.18. The number of carbonyl (C=O) groups excluding carboxylic acids is 1. The molecule has 74 valence electrons. The molecule has 3 nitrogen and oxygen atoms in total. The van der Waals surface area contributed by atoms with E-state index in [2.05, 4.69) is 5.32 Å². The Balaban J connectivity index is 2.25. The molecule has 0 saturated heterocycles. The highest BCUT2D eigenvalue weighted by molar-refractivity contribution is 5.68. The quantitative estimate of drug-likeness (QED) is 0.633. The van der Waals surface area contributed by atoms with E-state index in [0.29, 0.717) is 0 Å². The summed E-state index contributed by atoms with van der Waals surface area (Å²) in [6.45, 7) is 5.80. The summed E-state index contributed by atoms with van der Waals surface area (Å²) in [5, 5.41) is 2.76. The van der Waals surface area contributed by atoms with E-state index in [9.17, 15) is 4.79 Å². The van der Waals surface area contributed by atoms with Crippen molar-refractivity contribution in [3.63, 3.8) is 0 Å². The molecule has 0 unspecified atom stereocenters. The number of carbonyl (C=O) groups is 1. The summed E-state index contributed by atoms with van der Waals surface area (Å²) >= 11 is 0. The van der Waals surface area contributed by atoms with Crippen LogP contribution in [0.2, 0.25) is 0 Å². The van der Waals surface area contributed by atoms with Crippen LogP contribution in [-0.4, -0.2) is 17.7 Å². The Labute approximate surface area is 79.2 Å². The lowest BCUT2D eigenvalue weighted by atomic mass is 10.1. The van der Waals surface area contributed by atoms with Crippen LogP contribution in [0.4, 0.5) is 4.79 Å². The number of hydrogen-bond donors (Lipinski definition) is 1. The van der Waals surface area contributed by atoms with E-state index >= 15 is 0 Å². The van der Waals surface area contributed by atoms with Gasteiger partial charge in [-0.15, -0.1) is 0 Å². The fourth-order valence-electron chi connectivity index (χ4n) is 1.18. The van der Waals surface area contributed by atoms with E-state index in [1.807, 2.05) is 32.9 Å². The average molecular weight is 183 g/mol. The van der Waals surface area contributed by atoms with Gasteiger partial charge in [-0.25, -0.2) is 4.79 Å². The third kappa shape index (κ3) is 3.97. The summed E-state index contributed by atoms with van der Waals surface area (Å²) in [5.74, 6) is 0. The van der Waals surface area contributed by atoms with Crippen molar-refractivity contribution in [1.82, 2.24) is 5.32 Å². The molecule has 13 heavy (non-hydrogen) atoms. The van der Waals surface area contributed by atoms with Crippen LogP contribution >= 0.6 is 0 Å². The van der Waals surface area contributed by atoms with Crippen LogP contribution in [0.25, 0.3) is 0 Å². The predicted octanol–water partition coefficient (Wildman–Crippen LogP) is 2.23. The van der Waals surface area contributed by atoms with Crippen LogP contribution in [0.5, 0.6) is 0 Å². The van der Waals surface area contributed by atoms with Crippen LogP contribution < -0.4 is 5.32 Å². The van der Waals surface area contributed by atoms with Gasteiger partial charge in [-0.1, -0.05) is 12.2 Å². The van der Waals surface area contributed by atoms with E-state index in [0.717, 1.165) is 12.8 Å². The van der Waals surface area contributed by atoms with Crippen molar-refractivity contribution < 1.29 is 9.53 Å². The third-order valence-corrected chi connectivity index (χ3v) is 1.72. The lowest BCUT2D eigenvalue weighted by Crippen LogP contribution is -2.42. The van der Waals surface area contributed by atoms with Crippen molar-refractivity contribution in [2.45, 2.75) is 45.3 Å². The van der Waals surface area contributed by atoms with Gasteiger partial charge in [0.2, 0.25) is 0 Å². The minimum absolute atomic E-state index is 0.0438. The van der Waals surface area contributed by atoms with Crippen molar-refractivity contribution >= 4 is 6.09 Å². The molecule has 0 bridgehead atoms. The fraction of sp³-hybridized carbons (Fsp3) is 0.700. The molecular formula is C10H17NO2. The Morgan fingerprint density at radius 3 is 2.38 bits per heavy atom. The molecule has 1 aliphatic rings. The van der Waals surface area contributed by atoms with Gasteiger partial charge in [0.05, 0.1) is 0 Å². The molecule has 3 heteroatoms. The maximum Gasteiger partial charge on any atom is 0.407 e. The van der Waals surface area contributed by atoms with E-state index in [-0.39, 0.29) is 17.7 Å².